The van der Waals surface area contributed by atoms with Crippen LogP contribution >= 0.6 is 0 Å². The standard InChI is InChI=1S/C29H42O6.C9H12O2.C3H4O3/c1-6-8-21-10-11-22(27(31)33-21)18(5)15-20(24-12-9-19(7-2)26(30)34-24)16-23-25-13-14-29(23,17(3)4)28(32)35-25;1-3-7-5-6-8(4-2)11-9(7)10;4-3-5-1-2-6-3/h7-8,17-18,20,22-25H,6,9-16H2,1-5H3;3-4,8H,2,5-6H2,1H3;1-2H2/b19-7+,21-8-;7-3+;. The molecule has 0 radical (unpaired) electrons. The molecule has 2 bridgehead atoms. The lowest BCUT2D eigenvalue weighted by Gasteiger charge is -2.38. The van der Waals surface area contributed by atoms with Gasteiger partial charge in [-0.05, 0) is 102 Å². The number of carbonyl (C=O) groups is 5. The summed E-state index contributed by atoms with van der Waals surface area (Å²) in [5.41, 5.74) is 1.07. The number of hydrogen-bond acceptors (Lipinski definition) is 11. The highest BCUT2D eigenvalue weighted by molar-refractivity contribution is 5.89. The molecule has 52 heavy (non-hydrogen) atoms. The lowest BCUT2D eigenvalue weighted by molar-refractivity contribution is -0.156. The number of esters is 4. The normalized spacial score (nSPS) is 33.1. The van der Waals surface area contributed by atoms with Gasteiger partial charge in [0.25, 0.3) is 0 Å². The highest BCUT2D eigenvalue weighted by atomic mass is 16.8. The Kier molecular flexibility index (Phi) is 14.7. The van der Waals surface area contributed by atoms with E-state index in [9.17, 15) is 24.0 Å². The number of cyclic esters (lactones) is 5. The maximum absolute atomic E-state index is 12.9. The van der Waals surface area contributed by atoms with Crippen LogP contribution in [0.3, 0.4) is 0 Å². The van der Waals surface area contributed by atoms with Crippen LogP contribution in [0.15, 0.2) is 47.8 Å². The van der Waals surface area contributed by atoms with E-state index in [4.69, 9.17) is 18.9 Å². The summed E-state index contributed by atoms with van der Waals surface area (Å²) in [7, 11) is 0. The predicted octanol–water partition coefficient (Wildman–Crippen LogP) is 7.87. The van der Waals surface area contributed by atoms with Gasteiger partial charge < -0.3 is 28.4 Å². The van der Waals surface area contributed by atoms with Crippen molar-refractivity contribution in [2.24, 2.45) is 35.0 Å². The second-order valence-corrected chi connectivity index (χ2v) is 14.9. The fraction of sp³-hybridized carbons (Fsp3) is 0.683. The Hall–Kier alpha value is -3.89. The third-order valence-electron chi connectivity index (χ3n) is 11.7. The van der Waals surface area contributed by atoms with Gasteiger partial charge in [-0.25, -0.2) is 14.4 Å². The van der Waals surface area contributed by atoms with E-state index < -0.39 is 11.6 Å². The van der Waals surface area contributed by atoms with Crippen LogP contribution < -0.4 is 0 Å². The largest absolute Gasteiger partial charge is 0.508 e. The van der Waals surface area contributed by atoms with E-state index in [1.54, 1.807) is 6.08 Å². The molecule has 0 aromatic heterocycles. The Balaban J connectivity index is 0.000000290. The topological polar surface area (TPSA) is 141 Å². The van der Waals surface area contributed by atoms with E-state index >= 15 is 0 Å². The minimum atomic E-state index is -0.546. The molecule has 0 spiro atoms. The van der Waals surface area contributed by atoms with E-state index in [0.717, 1.165) is 81.1 Å². The lowest BCUT2D eigenvalue weighted by Crippen LogP contribution is -2.40. The summed E-state index contributed by atoms with van der Waals surface area (Å²) in [6.45, 7) is 16.5. The minimum absolute atomic E-state index is 0.0468. The Morgan fingerprint density at radius 3 is 2.00 bits per heavy atom. The summed E-state index contributed by atoms with van der Waals surface area (Å²) in [5, 5.41) is 0. The number of rotatable bonds is 9. The molecule has 5 saturated heterocycles. The number of hydrogen-bond donors (Lipinski definition) is 0. The second-order valence-electron chi connectivity index (χ2n) is 14.9. The summed E-state index contributed by atoms with van der Waals surface area (Å²) in [5.74, 6) is 0.521. The van der Waals surface area contributed by atoms with E-state index in [2.05, 4.69) is 36.8 Å². The maximum Gasteiger partial charge on any atom is 0.508 e. The van der Waals surface area contributed by atoms with Crippen molar-refractivity contribution >= 4 is 30.0 Å². The molecule has 1 aliphatic carbocycles. The van der Waals surface area contributed by atoms with Crippen LogP contribution in [-0.2, 0) is 47.6 Å². The summed E-state index contributed by atoms with van der Waals surface area (Å²) >= 11 is 0. The molecule has 288 valence electrons. The molecule has 0 amide bonds. The molecule has 1 saturated carbocycles. The van der Waals surface area contributed by atoms with Gasteiger partial charge in [0.2, 0.25) is 0 Å². The average Bonchev–Trinajstić information content (AvgIpc) is 3.82. The van der Waals surface area contributed by atoms with Crippen molar-refractivity contribution in [3.05, 3.63) is 47.8 Å². The smallest absolute Gasteiger partial charge is 0.462 e. The van der Waals surface area contributed by atoms with Gasteiger partial charge >= 0.3 is 30.0 Å². The molecular formula is C41H58O11. The van der Waals surface area contributed by atoms with E-state index in [1.165, 1.54) is 0 Å². The van der Waals surface area contributed by atoms with Crippen molar-refractivity contribution in [1.82, 2.24) is 0 Å². The Morgan fingerprint density at radius 2 is 1.50 bits per heavy atom. The number of ether oxygens (including phenoxy) is 6. The van der Waals surface area contributed by atoms with E-state index in [-0.39, 0.29) is 71.8 Å². The molecule has 5 aliphatic heterocycles. The molecule has 0 aromatic carbocycles. The first-order valence-electron chi connectivity index (χ1n) is 19.1. The second kappa shape index (κ2) is 18.7. The molecule has 6 aliphatic rings. The maximum atomic E-state index is 12.9. The molecule has 11 heteroatoms. The van der Waals surface area contributed by atoms with E-state index in [0.29, 0.717) is 19.6 Å². The zero-order valence-electron chi connectivity index (χ0n) is 31.8. The Bertz CT molecular complexity index is 1420. The quantitative estimate of drug-likeness (QED) is 0.0992. The molecule has 8 unspecified atom stereocenters. The molecular weight excluding hydrogens is 668 g/mol. The van der Waals surface area contributed by atoms with Crippen molar-refractivity contribution in [1.29, 1.82) is 0 Å². The fourth-order valence-corrected chi connectivity index (χ4v) is 8.64. The van der Waals surface area contributed by atoms with Gasteiger partial charge in [-0.1, -0.05) is 52.5 Å². The average molecular weight is 727 g/mol. The third kappa shape index (κ3) is 9.55. The van der Waals surface area contributed by atoms with Crippen LogP contribution in [0.4, 0.5) is 4.79 Å². The van der Waals surface area contributed by atoms with Gasteiger partial charge in [0.15, 0.2) is 0 Å². The van der Waals surface area contributed by atoms with Crippen LogP contribution in [0.1, 0.15) is 112 Å². The zero-order chi connectivity index (χ0) is 38.0. The van der Waals surface area contributed by atoms with Crippen LogP contribution in [0.25, 0.3) is 0 Å². The number of allylic oxidation sites excluding steroid dienone is 4. The summed E-state index contributed by atoms with van der Waals surface area (Å²) in [6.07, 6.45) is 15.4. The van der Waals surface area contributed by atoms with Crippen molar-refractivity contribution in [3.63, 3.8) is 0 Å². The molecule has 5 heterocycles. The highest BCUT2D eigenvalue weighted by Gasteiger charge is 2.63. The third-order valence-corrected chi connectivity index (χ3v) is 11.7. The van der Waals surface area contributed by atoms with Crippen LogP contribution in [0.2, 0.25) is 0 Å². The van der Waals surface area contributed by atoms with Gasteiger partial charge in [-0.3, -0.25) is 9.59 Å². The van der Waals surface area contributed by atoms with Crippen LogP contribution in [-0.4, -0.2) is 61.6 Å². The van der Waals surface area contributed by atoms with Gasteiger partial charge in [0.1, 0.15) is 37.3 Å². The number of fused-ring (bicyclic) bond motifs is 2. The molecule has 11 nitrogen and oxygen atoms in total. The summed E-state index contributed by atoms with van der Waals surface area (Å²) in [4.78, 5) is 59.2. The Labute approximate surface area is 308 Å². The Morgan fingerprint density at radius 1 is 0.846 bits per heavy atom. The van der Waals surface area contributed by atoms with Crippen LogP contribution in [0.5, 0.6) is 0 Å². The summed E-state index contributed by atoms with van der Waals surface area (Å²) < 4.78 is 31.0. The summed E-state index contributed by atoms with van der Waals surface area (Å²) in [6, 6.07) is 0. The van der Waals surface area contributed by atoms with E-state index in [1.807, 2.05) is 39.0 Å². The van der Waals surface area contributed by atoms with Gasteiger partial charge in [0.05, 0.1) is 11.3 Å². The van der Waals surface area contributed by atoms with Gasteiger partial charge in [0, 0.05) is 23.5 Å². The molecule has 6 fully saturated rings. The van der Waals surface area contributed by atoms with Gasteiger partial charge in [-0.2, -0.15) is 0 Å². The molecule has 6 rings (SSSR count). The van der Waals surface area contributed by atoms with Crippen molar-refractivity contribution in [2.45, 2.75) is 130 Å². The van der Waals surface area contributed by atoms with Crippen molar-refractivity contribution < 1.29 is 52.4 Å². The fourth-order valence-electron chi connectivity index (χ4n) is 8.64. The van der Waals surface area contributed by atoms with Crippen LogP contribution in [0, 0.1) is 35.0 Å². The number of carbonyl (C=O) groups excluding carboxylic acids is 5. The zero-order valence-corrected chi connectivity index (χ0v) is 31.8. The van der Waals surface area contributed by atoms with Crippen molar-refractivity contribution in [2.75, 3.05) is 13.2 Å². The lowest BCUT2D eigenvalue weighted by atomic mass is 9.66. The molecule has 0 aromatic rings. The minimum Gasteiger partial charge on any atom is -0.462 e. The predicted molar refractivity (Wildman–Crippen MR) is 192 cm³/mol. The highest BCUT2D eigenvalue weighted by Crippen LogP contribution is 2.59. The first kappa shape index (κ1) is 40.9. The van der Waals surface area contributed by atoms with Gasteiger partial charge in [-0.15, -0.1) is 0 Å². The first-order valence-corrected chi connectivity index (χ1v) is 19.1. The molecule has 0 N–H and O–H groups in total. The first-order chi connectivity index (χ1) is 24.9. The molecule has 8 atom stereocenters. The monoisotopic (exact) mass is 726 g/mol. The SMILES string of the molecule is C/C=C1\CCC(C(CC(C)C2CC/C(=C/CC)OC2=O)CC2C3CCC2(C(C)C)C(=O)O3)OC1=O.C=CC1CC/C(=C\C)C(=O)O1.O=C1OCCO1. The van der Waals surface area contributed by atoms with Crippen molar-refractivity contribution in [3.8, 4) is 0 Å².